The fraction of sp³-hybridized carbons (Fsp3) is 0.625. The molecule has 0 bridgehead atoms. The van der Waals surface area contributed by atoms with Crippen LogP contribution in [-0.4, -0.2) is 26.2 Å². The Bertz CT molecular complexity index is 421. The van der Waals surface area contributed by atoms with Crippen molar-refractivity contribution >= 4 is 5.69 Å². The zero-order valence-electron chi connectivity index (χ0n) is 12.4. The van der Waals surface area contributed by atoms with Gasteiger partial charge in [-0.2, -0.15) is 0 Å². The maximum absolute atomic E-state index is 6.18. The molecule has 2 rings (SSSR count). The van der Waals surface area contributed by atoms with E-state index in [2.05, 4.69) is 31.0 Å². The molecule has 1 aliphatic carbocycles. The number of methoxy groups -OCH3 is 1. The van der Waals surface area contributed by atoms with Crippen LogP contribution in [0.3, 0.4) is 0 Å². The van der Waals surface area contributed by atoms with Crippen LogP contribution in [-0.2, 0) is 0 Å². The van der Waals surface area contributed by atoms with Crippen LogP contribution in [0.2, 0.25) is 0 Å². The van der Waals surface area contributed by atoms with Gasteiger partial charge in [0, 0.05) is 13.6 Å². The summed E-state index contributed by atoms with van der Waals surface area (Å²) in [6.07, 6.45) is 4.93. The lowest BCUT2D eigenvalue weighted by atomic mass is 9.83. The van der Waals surface area contributed by atoms with Crippen LogP contribution in [0.15, 0.2) is 24.3 Å². The molecule has 1 aromatic rings. The molecule has 1 fully saturated rings. The van der Waals surface area contributed by atoms with Crippen LogP contribution in [0, 0.1) is 5.92 Å². The predicted octanol–water partition coefficient (Wildman–Crippen LogP) is 3.04. The SMILES string of the molecule is CCC1CCCC1(CN)N(C)c1ccccc1OC. The number of anilines is 1. The summed E-state index contributed by atoms with van der Waals surface area (Å²) in [6, 6.07) is 8.22. The van der Waals surface area contributed by atoms with Crippen molar-refractivity contribution in [3.05, 3.63) is 24.3 Å². The Labute approximate surface area is 116 Å². The molecule has 0 saturated heterocycles. The molecule has 0 heterocycles. The fourth-order valence-electron chi connectivity index (χ4n) is 3.71. The summed E-state index contributed by atoms with van der Waals surface area (Å²) >= 11 is 0. The van der Waals surface area contributed by atoms with E-state index in [-0.39, 0.29) is 5.54 Å². The molecule has 3 nitrogen and oxygen atoms in total. The standard InChI is InChI=1S/C16H26N2O/c1-4-13-8-7-11-16(13,12-17)18(2)14-9-5-6-10-15(14)19-3/h5-6,9-10,13H,4,7-8,11-12,17H2,1-3H3. The Morgan fingerprint density at radius 1 is 1.42 bits per heavy atom. The van der Waals surface area contributed by atoms with Crippen molar-refractivity contribution in [2.75, 3.05) is 25.6 Å². The van der Waals surface area contributed by atoms with Gasteiger partial charge in [-0.1, -0.05) is 31.9 Å². The van der Waals surface area contributed by atoms with Gasteiger partial charge >= 0.3 is 0 Å². The van der Waals surface area contributed by atoms with E-state index in [4.69, 9.17) is 10.5 Å². The number of hydrogen-bond donors (Lipinski definition) is 1. The highest BCUT2D eigenvalue weighted by Gasteiger charge is 2.44. The Hall–Kier alpha value is -1.22. The maximum atomic E-state index is 6.18. The molecular weight excluding hydrogens is 236 g/mol. The Morgan fingerprint density at radius 3 is 2.79 bits per heavy atom. The zero-order chi connectivity index (χ0) is 13.9. The second kappa shape index (κ2) is 5.83. The van der Waals surface area contributed by atoms with Crippen LogP contribution in [0.5, 0.6) is 5.75 Å². The largest absolute Gasteiger partial charge is 0.495 e. The Morgan fingerprint density at radius 2 is 2.16 bits per heavy atom. The molecule has 1 saturated carbocycles. The van der Waals surface area contributed by atoms with Gasteiger partial charge in [-0.25, -0.2) is 0 Å². The lowest BCUT2D eigenvalue weighted by Crippen LogP contribution is -2.55. The first kappa shape index (κ1) is 14.2. The third kappa shape index (κ3) is 2.32. The van der Waals surface area contributed by atoms with Crippen molar-refractivity contribution < 1.29 is 4.74 Å². The smallest absolute Gasteiger partial charge is 0.142 e. The fourth-order valence-corrected chi connectivity index (χ4v) is 3.71. The molecule has 0 radical (unpaired) electrons. The van der Waals surface area contributed by atoms with E-state index in [1.165, 1.54) is 25.7 Å². The van der Waals surface area contributed by atoms with E-state index in [0.717, 1.165) is 11.4 Å². The van der Waals surface area contributed by atoms with Crippen molar-refractivity contribution in [2.45, 2.75) is 38.1 Å². The third-order valence-corrected chi connectivity index (χ3v) is 4.88. The maximum Gasteiger partial charge on any atom is 0.142 e. The van der Waals surface area contributed by atoms with Gasteiger partial charge in [-0.15, -0.1) is 0 Å². The van der Waals surface area contributed by atoms with Gasteiger partial charge in [0.2, 0.25) is 0 Å². The van der Waals surface area contributed by atoms with Gasteiger partial charge in [0.15, 0.2) is 0 Å². The molecule has 0 aliphatic heterocycles. The number of nitrogens with two attached hydrogens (primary N) is 1. The van der Waals surface area contributed by atoms with E-state index >= 15 is 0 Å². The molecule has 0 spiro atoms. The number of benzene rings is 1. The topological polar surface area (TPSA) is 38.5 Å². The van der Waals surface area contributed by atoms with Crippen LogP contribution in [0.1, 0.15) is 32.6 Å². The average Bonchev–Trinajstić information content (AvgIpc) is 2.90. The summed E-state index contributed by atoms with van der Waals surface area (Å²) in [5.41, 5.74) is 7.42. The molecule has 0 aromatic heterocycles. The van der Waals surface area contributed by atoms with Gasteiger partial charge in [0.05, 0.1) is 18.3 Å². The molecule has 0 amide bonds. The van der Waals surface area contributed by atoms with Crippen LogP contribution < -0.4 is 15.4 Å². The quantitative estimate of drug-likeness (QED) is 0.886. The molecule has 2 atom stereocenters. The highest BCUT2D eigenvalue weighted by Crippen LogP contribution is 2.44. The highest BCUT2D eigenvalue weighted by molar-refractivity contribution is 5.60. The molecule has 1 aromatic carbocycles. The van der Waals surface area contributed by atoms with Crippen LogP contribution in [0.4, 0.5) is 5.69 Å². The van der Waals surface area contributed by atoms with Crippen LogP contribution >= 0.6 is 0 Å². The summed E-state index contributed by atoms with van der Waals surface area (Å²) in [4.78, 5) is 2.37. The number of hydrogen-bond acceptors (Lipinski definition) is 3. The number of likely N-dealkylation sites (N-methyl/N-ethyl adjacent to an activating group) is 1. The van der Waals surface area contributed by atoms with Gasteiger partial charge < -0.3 is 15.4 Å². The summed E-state index contributed by atoms with van der Waals surface area (Å²) in [7, 11) is 3.90. The number of ether oxygens (including phenoxy) is 1. The first-order chi connectivity index (χ1) is 9.19. The Kier molecular flexibility index (Phi) is 4.35. The highest BCUT2D eigenvalue weighted by atomic mass is 16.5. The molecule has 19 heavy (non-hydrogen) atoms. The zero-order valence-corrected chi connectivity index (χ0v) is 12.4. The van der Waals surface area contributed by atoms with E-state index in [0.29, 0.717) is 12.5 Å². The van der Waals surface area contributed by atoms with Gasteiger partial charge in [-0.05, 0) is 30.9 Å². The van der Waals surface area contributed by atoms with Crippen molar-refractivity contribution in [1.82, 2.24) is 0 Å². The molecule has 106 valence electrons. The normalized spacial score (nSPS) is 26.4. The van der Waals surface area contributed by atoms with Crippen molar-refractivity contribution in [3.8, 4) is 5.75 Å². The van der Waals surface area contributed by atoms with Gasteiger partial charge in [-0.3, -0.25) is 0 Å². The molecule has 2 N–H and O–H groups in total. The summed E-state index contributed by atoms with van der Waals surface area (Å²) < 4.78 is 5.50. The first-order valence-corrected chi connectivity index (χ1v) is 7.26. The minimum absolute atomic E-state index is 0.0867. The lowest BCUT2D eigenvalue weighted by Gasteiger charge is -2.44. The summed E-state index contributed by atoms with van der Waals surface area (Å²) in [5.74, 6) is 1.60. The molecular formula is C16H26N2O. The number of nitrogens with zero attached hydrogens (tertiary/aromatic N) is 1. The molecule has 3 heteroatoms. The first-order valence-electron chi connectivity index (χ1n) is 7.26. The lowest BCUT2D eigenvalue weighted by molar-refractivity contribution is 0.300. The second-order valence-corrected chi connectivity index (χ2v) is 5.54. The van der Waals surface area contributed by atoms with Gasteiger partial charge in [0.25, 0.3) is 0 Å². The minimum Gasteiger partial charge on any atom is -0.495 e. The summed E-state index contributed by atoms with van der Waals surface area (Å²) in [6.45, 7) is 2.98. The van der Waals surface area contributed by atoms with Crippen molar-refractivity contribution in [3.63, 3.8) is 0 Å². The van der Waals surface area contributed by atoms with E-state index in [1.807, 2.05) is 12.1 Å². The van der Waals surface area contributed by atoms with Crippen molar-refractivity contribution in [2.24, 2.45) is 11.7 Å². The summed E-state index contributed by atoms with van der Waals surface area (Å²) in [5, 5.41) is 0. The number of rotatable bonds is 5. The molecule has 2 unspecified atom stereocenters. The van der Waals surface area contributed by atoms with Crippen molar-refractivity contribution in [1.29, 1.82) is 0 Å². The van der Waals surface area contributed by atoms with E-state index in [1.54, 1.807) is 7.11 Å². The van der Waals surface area contributed by atoms with Gasteiger partial charge in [0.1, 0.15) is 5.75 Å². The number of para-hydroxylation sites is 2. The van der Waals surface area contributed by atoms with E-state index in [9.17, 15) is 0 Å². The minimum atomic E-state index is 0.0867. The Balaban J connectivity index is 2.38. The molecule has 1 aliphatic rings. The van der Waals surface area contributed by atoms with E-state index < -0.39 is 0 Å². The average molecular weight is 262 g/mol. The third-order valence-electron chi connectivity index (χ3n) is 4.88. The second-order valence-electron chi connectivity index (χ2n) is 5.54. The monoisotopic (exact) mass is 262 g/mol. The van der Waals surface area contributed by atoms with Crippen LogP contribution in [0.25, 0.3) is 0 Å². The predicted molar refractivity (Wildman–Crippen MR) is 80.8 cm³/mol.